The van der Waals surface area contributed by atoms with Crippen LogP contribution in [0.4, 0.5) is 4.79 Å². The van der Waals surface area contributed by atoms with Gasteiger partial charge < -0.3 is 10.4 Å². The van der Waals surface area contributed by atoms with E-state index in [0.29, 0.717) is 21.4 Å². The number of carbonyl (C=O) groups excluding carboxylic acids is 3. The van der Waals surface area contributed by atoms with Gasteiger partial charge in [0, 0.05) is 29.5 Å². The molecule has 1 aromatic rings. The van der Waals surface area contributed by atoms with Crippen molar-refractivity contribution in [1.82, 2.24) is 10.2 Å². The Bertz CT molecular complexity index is 771. The van der Waals surface area contributed by atoms with E-state index in [1.807, 2.05) is 0 Å². The Kier molecular flexibility index (Phi) is 6.29. The number of thioether (sulfide) groups is 2. The molecule has 0 spiro atoms. The first kappa shape index (κ1) is 19.3. The van der Waals surface area contributed by atoms with E-state index in [1.165, 1.54) is 0 Å². The standard InChI is InChI=1S/C17H17ClN2O4S2/c18-11-3-1-2-10(6-11)7-14-16(23)20(17(24)26-14)5-4-15(22)19-12-8-25-9-13(12)21/h1-3,6-7,12-13,21H,4-5,8-9H2,(H,19,22)/b14-7-/t12-,13+/m0/s1. The number of hydrogen-bond acceptors (Lipinski definition) is 6. The Morgan fingerprint density at radius 3 is 2.88 bits per heavy atom. The molecule has 2 N–H and O–H groups in total. The number of benzene rings is 1. The molecule has 0 aliphatic carbocycles. The van der Waals surface area contributed by atoms with Gasteiger partial charge in [0.25, 0.3) is 11.1 Å². The van der Waals surface area contributed by atoms with E-state index in [4.69, 9.17) is 11.6 Å². The van der Waals surface area contributed by atoms with Gasteiger partial charge in [0.05, 0.1) is 17.1 Å². The molecule has 138 valence electrons. The zero-order valence-corrected chi connectivity index (χ0v) is 16.1. The Labute approximate surface area is 164 Å². The molecule has 0 bridgehead atoms. The molecule has 26 heavy (non-hydrogen) atoms. The molecular weight excluding hydrogens is 396 g/mol. The summed E-state index contributed by atoms with van der Waals surface area (Å²) >= 11 is 8.35. The summed E-state index contributed by atoms with van der Waals surface area (Å²) in [5.74, 6) is 0.567. The number of aliphatic hydroxyl groups excluding tert-OH is 1. The molecule has 2 heterocycles. The number of nitrogens with zero attached hydrogens (tertiary/aromatic N) is 1. The van der Waals surface area contributed by atoms with Crippen molar-refractivity contribution in [3.63, 3.8) is 0 Å². The van der Waals surface area contributed by atoms with E-state index in [9.17, 15) is 19.5 Å². The van der Waals surface area contributed by atoms with Gasteiger partial charge in [-0.15, -0.1) is 0 Å². The Balaban J connectivity index is 1.58. The third-order valence-electron chi connectivity index (χ3n) is 3.98. The van der Waals surface area contributed by atoms with Crippen molar-refractivity contribution in [1.29, 1.82) is 0 Å². The van der Waals surface area contributed by atoms with Gasteiger partial charge in [0.1, 0.15) is 0 Å². The van der Waals surface area contributed by atoms with Crippen LogP contribution in [0.15, 0.2) is 29.2 Å². The van der Waals surface area contributed by atoms with Crippen LogP contribution < -0.4 is 5.32 Å². The summed E-state index contributed by atoms with van der Waals surface area (Å²) in [6, 6.07) is 6.71. The molecule has 3 amide bonds. The summed E-state index contributed by atoms with van der Waals surface area (Å²) in [4.78, 5) is 37.9. The molecule has 0 unspecified atom stereocenters. The second kappa shape index (κ2) is 8.47. The molecule has 0 saturated carbocycles. The van der Waals surface area contributed by atoms with Crippen molar-refractivity contribution in [3.8, 4) is 0 Å². The molecule has 3 rings (SSSR count). The molecule has 9 heteroatoms. The van der Waals surface area contributed by atoms with Gasteiger partial charge in [-0.3, -0.25) is 19.3 Å². The highest BCUT2D eigenvalue weighted by molar-refractivity contribution is 8.18. The lowest BCUT2D eigenvalue weighted by Crippen LogP contribution is -2.43. The van der Waals surface area contributed by atoms with Crippen LogP contribution in [-0.4, -0.2) is 57.3 Å². The molecule has 2 atom stereocenters. The van der Waals surface area contributed by atoms with Crippen molar-refractivity contribution in [3.05, 3.63) is 39.8 Å². The molecule has 2 fully saturated rings. The van der Waals surface area contributed by atoms with E-state index in [1.54, 1.807) is 42.1 Å². The SMILES string of the molecule is O=C(CCN1C(=O)S/C(=C\c2cccc(Cl)c2)C1=O)N[C@H]1CSC[C@H]1O. The first-order chi connectivity index (χ1) is 12.4. The summed E-state index contributed by atoms with van der Waals surface area (Å²) in [7, 11) is 0. The van der Waals surface area contributed by atoms with Crippen molar-refractivity contribution in [2.45, 2.75) is 18.6 Å². The molecule has 0 aromatic heterocycles. The fourth-order valence-corrected chi connectivity index (χ4v) is 4.85. The lowest BCUT2D eigenvalue weighted by molar-refractivity contribution is -0.124. The van der Waals surface area contributed by atoms with Crippen molar-refractivity contribution in [2.75, 3.05) is 18.1 Å². The summed E-state index contributed by atoms with van der Waals surface area (Å²) in [6.45, 7) is 0.0132. The predicted octanol–water partition coefficient (Wildman–Crippen LogP) is 2.36. The number of nitrogens with one attached hydrogen (secondary N) is 1. The van der Waals surface area contributed by atoms with Gasteiger partial charge in [-0.2, -0.15) is 11.8 Å². The molecule has 0 radical (unpaired) electrons. The minimum Gasteiger partial charge on any atom is -0.390 e. The molecule has 2 saturated heterocycles. The fraction of sp³-hybridized carbons (Fsp3) is 0.353. The molecule has 2 aliphatic heterocycles. The largest absolute Gasteiger partial charge is 0.390 e. The van der Waals surface area contributed by atoms with E-state index in [0.717, 1.165) is 22.2 Å². The quantitative estimate of drug-likeness (QED) is 0.722. The van der Waals surface area contributed by atoms with E-state index in [-0.39, 0.29) is 24.9 Å². The van der Waals surface area contributed by atoms with Crippen LogP contribution in [0.2, 0.25) is 5.02 Å². The molecular formula is C17H17ClN2O4S2. The number of amides is 3. The normalized spacial score (nSPS) is 24.5. The molecule has 1 aromatic carbocycles. The second-order valence-corrected chi connectivity index (χ2v) is 8.42. The van der Waals surface area contributed by atoms with Crippen LogP contribution in [-0.2, 0) is 9.59 Å². The summed E-state index contributed by atoms with van der Waals surface area (Å²) in [5.41, 5.74) is 0.730. The maximum absolute atomic E-state index is 12.4. The lowest BCUT2D eigenvalue weighted by Gasteiger charge is -2.17. The second-order valence-electron chi connectivity index (χ2n) is 5.92. The maximum atomic E-state index is 12.4. The zero-order valence-electron chi connectivity index (χ0n) is 13.7. The van der Waals surface area contributed by atoms with Crippen LogP contribution in [0.3, 0.4) is 0 Å². The number of carbonyl (C=O) groups is 3. The van der Waals surface area contributed by atoms with E-state index < -0.39 is 17.3 Å². The summed E-state index contributed by atoms with van der Waals surface area (Å²) < 4.78 is 0. The molecule has 6 nitrogen and oxygen atoms in total. The van der Waals surface area contributed by atoms with Gasteiger partial charge in [-0.05, 0) is 35.5 Å². The lowest BCUT2D eigenvalue weighted by atomic mass is 10.2. The topological polar surface area (TPSA) is 86.7 Å². The Morgan fingerprint density at radius 1 is 1.38 bits per heavy atom. The first-order valence-corrected chi connectivity index (χ1v) is 10.3. The highest BCUT2D eigenvalue weighted by Crippen LogP contribution is 2.32. The monoisotopic (exact) mass is 412 g/mol. The van der Waals surface area contributed by atoms with Crippen LogP contribution in [0.1, 0.15) is 12.0 Å². The van der Waals surface area contributed by atoms with Crippen LogP contribution in [0, 0.1) is 0 Å². The van der Waals surface area contributed by atoms with Crippen molar-refractivity contribution in [2.24, 2.45) is 0 Å². The van der Waals surface area contributed by atoms with Gasteiger partial charge in [-0.25, -0.2) is 0 Å². The Morgan fingerprint density at radius 2 is 2.19 bits per heavy atom. The third kappa shape index (κ3) is 4.62. The van der Waals surface area contributed by atoms with Gasteiger partial charge >= 0.3 is 0 Å². The first-order valence-electron chi connectivity index (χ1n) is 8.00. The number of rotatable bonds is 5. The summed E-state index contributed by atoms with van der Waals surface area (Å²) in [5, 5.41) is 12.6. The van der Waals surface area contributed by atoms with Gasteiger partial charge in [0.15, 0.2) is 0 Å². The smallest absolute Gasteiger partial charge is 0.293 e. The zero-order chi connectivity index (χ0) is 18.7. The van der Waals surface area contributed by atoms with Crippen LogP contribution in [0.5, 0.6) is 0 Å². The number of imide groups is 1. The fourth-order valence-electron chi connectivity index (χ4n) is 2.61. The minimum absolute atomic E-state index is 0.0103. The van der Waals surface area contributed by atoms with Gasteiger partial charge in [-0.1, -0.05) is 23.7 Å². The van der Waals surface area contributed by atoms with Crippen LogP contribution >= 0.6 is 35.1 Å². The highest BCUT2D eigenvalue weighted by atomic mass is 35.5. The number of hydrogen-bond donors (Lipinski definition) is 2. The van der Waals surface area contributed by atoms with Gasteiger partial charge in [0.2, 0.25) is 5.91 Å². The Hall–Kier alpha value is -1.48. The number of aliphatic hydroxyl groups is 1. The average Bonchev–Trinajstić information content (AvgIpc) is 3.10. The van der Waals surface area contributed by atoms with Crippen molar-refractivity contribution >= 4 is 58.3 Å². The van der Waals surface area contributed by atoms with E-state index in [2.05, 4.69) is 5.32 Å². The third-order valence-corrected chi connectivity index (χ3v) is 6.29. The van der Waals surface area contributed by atoms with Crippen molar-refractivity contribution < 1.29 is 19.5 Å². The molecule has 2 aliphatic rings. The predicted molar refractivity (Wildman–Crippen MR) is 104 cm³/mol. The van der Waals surface area contributed by atoms with E-state index >= 15 is 0 Å². The maximum Gasteiger partial charge on any atom is 0.293 e. The average molecular weight is 413 g/mol. The summed E-state index contributed by atoms with van der Waals surface area (Å²) in [6.07, 6.45) is 1.07. The number of halogens is 1. The minimum atomic E-state index is -0.554. The van der Waals surface area contributed by atoms with Crippen LogP contribution in [0.25, 0.3) is 6.08 Å². The highest BCUT2D eigenvalue weighted by Gasteiger charge is 2.35.